The van der Waals surface area contributed by atoms with Gasteiger partial charge in [0.05, 0.1) is 22.4 Å². The maximum Gasteiger partial charge on any atom is 0.0972 e. The number of fused-ring (bicyclic) bond motifs is 8. The molecular formula is C43H34N2. The molecule has 0 saturated carbocycles. The number of allylic oxidation sites excluding steroid dienone is 6. The van der Waals surface area contributed by atoms with Crippen molar-refractivity contribution in [2.75, 3.05) is 0 Å². The number of nitrogens with zero attached hydrogens (tertiary/aromatic N) is 2. The van der Waals surface area contributed by atoms with E-state index in [2.05, 4.69) is 149 Å². The van der Waals surface area contributed by atoms with Crippen molar-refractivity contribution >= 4 is 33.0 Å². The number of benzene rings is 4. The average molecular weight is 579 g/mol. The first kappa shape index (κ1) is 26.3. The van der Waals surface area contributed by atoms with Crippen LogP contribution in [0.3, 0.4) is 0 Å². The Balaban J connectivity index is 1.13. The van der Waals surface area contributed by atoms with Gasteiger partial charge in [0.1, 0.15) is 0 Å². The van der Waals surface area contributed by atoms with E-state index in [1.54, 1.807) is 0 Å². The Morgan fingerprint density at radius 2 is 1.13 bits per heavy atom. The summed E-state index contributed by atoms with van der Waals surface area (Å²) in [4.78, 5) is 10.6. The lowest BCUT2D eigenvalue weighted by Crippen LogP contribution is -2.16. The lowest BCUT2D eigenvalue weighted by atomic mass is 9.80. The van der Waals surface area contributed by atoms with Crippen LogP contribution in [0.1, 0.15) is 62.1 Å². The molecule has 0 saturated heterocycles. The van der Waals surface area contributed by atoms with Crippen LogP contribution in [0.25, 0.3) is 55.3 Å². The molecule has 0 aliphatic heterocycles. The molecule has 216 valence electrons. The van der Waals surface area contributed by atoms with Gasteiger partial charge in [0, 0.05) is 27.2 Å². The fourth-order valence-electron chi connectivity index (χ4n) is 8.08. The van der Waals surface area contributed by atoms with Crippen molar-refractivity contribution in [3.63, 3.8) is 0 Å². The summed E-state index contributed by atoms with van der Waals surface area (Å²) in [5.41, 5.74) is 17.2. The van der Waals surface area contributed by atoms with Gasteiger partial charge in [-0.15, -0.1) is 0 Å². The van der Waals surface area contributed by atoms with Crippen LogP contribution in [-0.4, -0.2) is 9.97 Å². The van der Waals surface area contributed by atoms with E-state index in [-0.39, 0.29) is 10.8 Å². The first-order valence-electron chi connectivity index (χ1n) is 16.0. The molecule has 2 nitrogen and oxygen atoms in total. The molecule has 9 rings (SSSR count). The monoisotopic (exact) mass is 578 g/mol. The molecule has 0 amide bonds. The largest absolute Gasteiger partial charge is 0.246 e. The fraction of sp³-hybridized carbons (Fsp3) is 0.163. The molecule has 0 spiro atoms. The van der Waals surface area contributed by atoms with Crippen molar-refractivity contribution in [3.05, 3.63) is 155 Å². The first-order chi connectivity index (χ1) is 21.8. The Morgan fingerprint density at radius 1 is 0.533 bits per heavy atom. The van der Waals surface area contributed by atoms with Gasteiger partial charge < -0.3 is 0 Å². The van der Waals surface area contributed by atoms with Crippen molar-refractivity contribution in [1.82, 2.24) is 9.97 Å². The van der Waals surface area contributed by atoms with Crippen LogP contribution in [0.2, 0.25) is 0 Å². The highest BCUT2D eigenvalue weighted by atomic mass is 14.8. The molecule has 6 aromatic rings. The molecule has 3 aliphatic carbocycles. The normalized spacial score (nSPS) is 17.1. The third-order valence-electron chi connectivity index (χ3n) is 10.6. The zero-order valence-corrected chi connectivity index (χ0v) is 26.1. The maximum absolute atomic E-state index is 5.29. The topological polar surface area (TPSA) is 25.8 Å². The molecule has 45 heavy (non-hydrogen) atoms. The van der Waals surface area contributed by atoms with Gasteiger partial charge in [-0.2, -0.15) is 0 Å². The minimum Gasteiger partial charge on any atom is -0.246 e. The molecule has 3 aliphatic rings. The van der Waals surface area contributed by atoms with Gasteiger partial charge in [-0.3, -0.25) is 0 Å². The molecule has 2 heterocycles. The fourth-order valence-corrected chi connectivity index (χ4v) is 8.08. The molecular weight excluding hydrogens is 544 g/mol. The lowest BCUT2D eigenvalue weighted by Gasteiger charge is -2.24. The van der Waals surface area contributed by atoms with E-state index in [0.717, 1.165) is 50.8 Å². The van der Waals surface area contributed by atoms with Crippen LogP contribution in [0.5, 0.6) is 0 Å². The highest BCUT2D eigenvalue weighted by molar-refractivity contribution is 6.04. The van der Waals surface area contributed by atoms with E-state index >= 15 is 0 Å². The molecule has 0 N–H and O–H groups in total. The summed E-state index contributed by atoms with van der Waals surface area (Å²) < 4.78 is 0. The van der Waals surface area contributed by atoms with Crippen molar-refractivity contribution in [2.45, 2.75) is 44.9 Å². The summed E-state index contributed by atoms with van der Waals surface area (Å²) in [6.07, 6.45) is 7.83. The number of hydrogen-bond acceptors (Lipinski definition) is 2. The van der Waals surface area contributed by atoms with Crippen LogP contribution in [0.15, 0.2) is 127 Å². The maximum atomic E-state index is 5.29. The summed E-state index contributed by atoms with van der Waals surface area (Å²) in [5.74, 6) is 0. The quantitative estimate of drug-likeness (QED) is 0.191. The van der Waals surface area contributed by atoms with Crippen LogP contribution in [0.4, 0.5) is 0 Å². The summed E-state index contributed by atoms with van der Waals surface area (Å²) in [5, 5.41) is 2.21. The number of rotatable bonds is 2. The van der Waals surface area contributed by atoms with Crippen LogP contribution < -0.4 is 0 Å². The smallest absolute Gasteiger partial charge is 0.0972 e. The Bertz CT molecular complexity index is 2340. The Labute approximate surface area is 264 Å². The minimum absolute atomic E-state index is 0.0190. The second kappa shape index (κ2) is 9.22. The van der Waals surface area contributed by atoms with Crippen LogP contribution >= 0.6 is 0 Å². The van der Waals surface area contributed by atoms with E-state index in [1.165, 1.54) is 44.5 Å². The van der Waals surface area contributed by atoms with Crippen molar-refractivity contribution in [3.8, 4) is 22.4 Å². The first-order valence-corrected chi connectivity index (χ1v) is 16.0. The summed E-state index contributed by atoms with van der Waals surface area (Å²) >= 11 is 0. The highest BCUT2D eigenvalue weighted by Crippen LogP contribution is 2.50. The third kappa shape index (κ3) is 3.75. The van der Waals surface area contributed by atoms with E-state index in [0.29, 0.717) is 0 Å². The molecule has 4 aromatic carbocycles. The lowest BCUT2D eigenvalue weighted by molar-refractivity contribution is 0.626. The predicted octanol–water partition coefficient (Wildman–Crippen LogP) is 10.8. The Morgan fingerprint density at radius 3 is 1.89 bits per heavy atom. The third-order valence-corrected chi connectivity index (χ3v) is 10.6. The van der Waals surface area contributed by atoms with E-state index in [1.807, 2.05) is 0 Å². The zero-order chi connectivity index (χ0) is 30.5. The van der Waals surface area contributed by atoms with Crippen molar-refractivity contribution < 1.29 is 0 Å². The van der Waals surface area contributed by atoms with E-state index in [4.69, 9.17) is 9.97 Å². The predicted molar refractivity (Wildman–Crippen MR) is 188 cm³/mol. The molecule has 2 heteroatoms. The van der Waals surface area contributed by atoms with E-state index in [9.17, 15) is 0 Å². The van der Waals surface area contributed by atoms with Gasteiger partial charge in [0.15, 0.2) is 0 Å². The Hall–Kier alpha value is -5.08. The van der Waals surface area contributed by atoms with Crippen LogP contribution in [0, 0.1) is 0 Å². The van der Waals surface area contributed by atoms with Gasteiger partial charge in [0.25, 0.3) is 0 Å². The summed E-state index contributed by atoms with van der Waals surface area (Å²) in [6, 6.07) is 37.5. The minimum atomic E-state index is -0.0474. The molecule has 0 unspecified atom stereocenters. The highest BCUT2D eigenvalue weighted by Gasteiger charge is 2.37. The van der Waals surface area contributed by atoms with Crippen LogP contribution in [-0.2, 0) is 10.8 Å². The zero-order valence-electron chi connectivity index (χ0n) is 26.1. The molecule has 0 radical (unpaired) electrons. The standard InChI is InChI=1S/C43H34N2/c1-42(2)34-11-7-5-9-30(34)32-20-15-26(17-22-36(32)42)38-23-18-27-13-14-28-19-24-39(45-41(28)40(27)44-38)29-16-21-33-31-10-6-8-12-35(31)43(3,4)37(33)25-29/h5-21,23-25H,22H2,1-4H3. The Kier molecular flexibility index (Phi) is 5.39. The van der Waals surface area contributed by atoms with Gasteiger partial charge in [-0.25, -0.2) is 9.97 Å². The molecule has 0 atom stereocenters. The molecule has 0 fully saturated rings. The SMILES string of the molecule is CC1(C)C2=C(C=CC(c3ccc4ccc5ccc(-c6ccc7c(c6)C(C)(C)c6ccccc6-7)nc5c4n3)=CC2)c2ccccc21. The number of pyridine rings is 2. The van der Waals surface area contributed by atoms with Crippen molar-refractivity contribution in [1.29, 1.82) is 0 Å². The second-order valence-corrected chi connectivity index (χ2v) is 13.8. The van der Waals surface area contributed by atoms with Crippen molar-refractivity contribution in [2.24, 2.45) is 0 Å². The molecule has 2 aromatic heterocycles. The van der Waals surface area contributed by atoms with Gasteiger partial charge in [0.2, 0.25) is 0 Å². The van der Waals surface area contributed by atoms with E-state index < -0.39 is 0 Å². The summed E-state index contributed by atoms with van der Waals surface area (Å²) in [7, 11) is 0. The number of hydrogen-bond donors (Lipinski definition) is 0. The molecule has 0 bridgehead atoms. The average Bonchev–Trinajstić information content (AvgIpc) is 3.28. The van der Waals surface area contributed by atoms with Gasteiger partial charge >= 0.3 is 0 Å². The summed E-state index contributed by atoms with van der Waals surface area (Å²) in [6.45, 7) is 9.36. The second-order valence-electron chi connectivity index (χ2n) is 13.8. The van der Waals surface area contributed by atoms with Gasteiger partial charge in [-0.1, -0.05) is 131 Å². The number of aromatic nitrogens is 2. The van der Waals surface area contributed by atoms with Gasteiger partial charge in [-0.05, 0) is 74.7 Å².